The monoisotopic (exact) mass is 254 g/mol. The molecule has 0 amide bonds. The molecule has 0 spiro atoms. The zero-order valence-corrected chi connectivity index (χ0v) is 10.6. The molecule has 0 aromatic carbocycles. The normalized spacial score (nSPS) is 17.9. The van der Waals surface area contributed by atoms with E-state index in [0.29, 0.717) is 11.6 Å². The highest BCUT2D eigenvalue weighted by molar-refractivity contribution is 5.55. The van der Waals surface area contributed by atoms with Gasteiger partial charge in [0, 0.05) is 14.0 Å². The number of aromatic nitrogens is 2. The minimum Gasteiger partial charge on any atom is -0.394 e. The van der Waals surface area contributed by atoms with Crippen molar-refractivity contribution in [2.24, 2.45) is 7.05 Å². The van der Waals surface area contributed by atoms with E-state index >= 15 is 0 Å². The summed E-state index contributed by atoms with van der Waals surface area (Å²) in [5, 5.41) is 23.7. The Morgan fingerprint density at radius 3 is 2.67 bits per heavy atom. The van der Waals surface area contributed by atoms with Crippen molar-refractivity contribution in [3.63, 3.8) is 0 Å². The van der Waals surface area contributed by atoms with Crippen molar-refractivity contribution in [1.82, 2.24) is 9.55 Å². The summed E-state index contributed by atoms with van der Waals surface area (Å²) in [7, 11) is 1.73. The van der Waals surface area contributed by atoms with Gasteiger partial charge in [-0.3, -0.25) is 4.57 Å². The third kappa shape index (κ3) is 2.05. The summed E-state index contributed by atoms with van der Waals surface area (Å²) in [6, 6.07) is 0. The van der Waals surface area contributed by atoms with Crippen LogP contribution in [0.5, 0.6) is 0 Å². The van der Waals surface area contributed by atoms with Gasteiger partial charge in [-0.15, -0.1) is 0 Å². The van der Waals surface area contributed by atoms with E-state index in [9.17, 15) is 15.2 Å². The highest BCUT2D eigenvalue weighted by Gasteiger charge is 2.37. The first-order valence-corrected chi connectivity index (χ1v) is 6.06. The van der Waals surface area contributed by atoms with Crippen molar-refractivity contribution in [1.29, 1.82) is 0 Å². The molecule has 1 aliphatic rings. The molecule has 1 saturated carbocycles. The van der Waals surface area contributed by atoms with Crippen LogP contribution in [-0.4, -0.2) is 31.7 Å². The number of nitrogens with one attached hydrogen (secondary N) is 1. The minimum atomic E-state index is -0.491. The van der Waals surface area contributed by atoms with Gasteiger partial charge in [0.1, 0.15) is 0 Å². The Morgan fingerprint density at radius 1 is 1.56 bits per heavy atom. The Bertz CT molecular complexity index is 463. The lowest BCUT2D eigenvalue weighted by atomic mass is 9.99. The second-order valence-corrected chi connectivity index (χ2v) is 4.92. The van der Waals surface area contributed by atoms with Crippen molar-refractivity contribution in [3.05, 3.63) is 15.9 Å². The zero-order chi connectivity index (χ0) is 13.3. The summed E-state index contributed by atoms with van der Waals surface area (Å²) in [5.41, 5.74) is -0.439. The lowest BCUT2D eigenvalue weighted by molar-refractivity contribution is -0.388. The van der Waals surface area contributed by atoms with Gasteiger partial charge in [-0.1, -0.05) is 12.8 Å². The molecule has 0 saturated heterocycles. The maximum atomic E-state index is 11.0. The molecule has 1 aliphatic carbocycles. The minimum absolute atomic E-state index is 0.0195. The first kappa shape index (κ1) is 12.8. The molecule has 7 heteroatoms. The fourth-order valence-corrected chi connectivity index (χ4v) is 2.49. The number of rotatable bonds is 4. The lowest BCUT2D eigenvalue weighted by Gasteiger charge is -2.28. The summed E-state index contributed by atoms with van der Waals surface area (Å²) in [4.78, 5) is 14.4. The number of aliphatic hydroxyl groups is 1. The number of hydrogen-bond acceptors (Lipinski definition) is 5. The van der Waals surface area contributed by atoms with E-state index in [4.69, 9.17) is 0 Å². The Balaban J connectivity index is 2.35. The molecule has 0 bridgehead atoms. The van der Waals surface area contributed by atoms with Gasteiger partial charge < -0.3 is 20.5 Å². The number of nitrogens with zero attached hydrogens (tertiary/aromatic N) is 3. The van der Waals surface area contributed by atoms with Crippen LogP contribution in [-0.2, 0) is 7.05 Å². The van der Waals surface area contributed by atoms with Gasteiger partial charge >= 0.3 is 5.82 Å². The molecule has 0 unspecified atom stereocenters. The molecular formula is C11H18N4O3. The fraction of sp³-hybridized carbons (Fsp3) is 0.727. The molecule has 2 N–H and O–H groups in total. The van der Waals surface area contributed by atoms with Gasteiger partial charge in [0.25, 0.3) is 0 Å². The van der Waals surface area contributed by atoms with Gasteiger partial charge in [0.15, 0.2) is 0 Å². The van der Waals surface area contributed by atoms with Crippen LogP contribution in [0.3, 0.4) is 0 Å². The highest BCUT2D eigenvalue weighted by atomic mass is 16.6. The maximum Gasteiger partial charge on any atom is 0.406 e. The molecule has 1 heterocycles. The summed E-state index contributed by atoms with van der Waals surface area (Å²) >= 11 is 0. The predicted octanol–water partition coefficient (Wildman–Crippen LogP) is 1.35. The van der Waals surface area contributed by atoms with E-state index in [1.165, 1.54) is 0 Å². The van der Waals surface area contributed by atoms with E-state index in [-0.39, 0.29) is 12.4 Å². The molecule has 1 fully saturated rings. The van der Waals surface area contributed by atoms with Gasteiger partial charge in [-0.25, -0.2) is 0 Å². The van der Waals surface area contributed by atoms with Crippen molar-refractivity contribution in [2.45, 2.75) is 38.1 Å². The molecule has 7 nitrogen and oxygen atoms in total. The van der Waals surface area contributed by atoms with Crippen LogP contribution in [0.2, 0.25) is 0 Å². The zero-order valence-electron chi connectivity index (χ0n) is 10.6. The standard InChI is InChI=1S/C11H18N4O3/c1-8-12-9(15(17)18)10(14(8)2)13-11(7-16)5-3-4-6-11/h13,16H,3-7H2,1-2H3. The Kier molecular flexibility index (Phi) is 3.25. The molecule has 0 aliphatic heterocycles. The summed E-state index contributed by atoms with van der Waals surface area (Å²) < 4.78 is 1.66. The quantitative estimate of drug-likeness (QED) is 0.625. The number of imidazole rings is 1. The molecule has 1 aromatic rings. The Morgan fingerprint density at radius 2 is 2.17 bits per heavy atom. The highest BCUT2D eigenvalue weighted by Crippen LogP contribution is 2.35. The summed E-state index contributed by atoms with van der Waals surface area (Å²) in [6.45, 7) is 1.70. The molecule has 18 heavy (non-hydrogen) atoms. The number of aryl methyl sites for hydroxylation is 1. The first-order valence-electron chi connectivity index (χ1n) is 6.06. The molecule has 0 atom stereocenters. The lowest BCUT2D eigenvalue weighted by Crippen LogP contribution is -2.39. The Hall–Kier alpha value is -1.63. The average Bonchev–Trinajstić information content (AvgIpc) is 2.90. The predicted molar refractivity (Wildman–Crippen MR) is 66.5 cm³/mol. The van der Waals surface area contributed by atoms with Crippen molar-refractivity contribution in [2.75, 3.05) is 11.9 Å². The third-order valence-corrected chi connectivity index (χ3v) is 3.72. The van der Waals surface area contributed by atoms with Crippen LogP contribution in [0.1, 0.15) is 31.5 Å². The van der Waals surface area contributed by atoms with E-state index in [2.05, 4.69) is 10.3 Å². The molecule has 1 aromatic heterocycles. The number of hydrogen-bond donors (Lipinski definition) is 2. The van der Waals surface area contributed by atoms with Crippen LogP contribution < -0.4 is 5.32 Å². The first-order chi connectivity index (χ1) is 8.49. The summed E-state index contributed by atoms with van der Waals surface area (Å²) in [5.74, 6) is 0.790. The van der Waals surface area contributed by atoms with Crippen molar-refractivity contribution >= 4 is 11.6 Å². The van der Waals surface area contributed by atoms with Crippen LogP contribution >= 0.6 is 0 Å². The van der Waals surface area contributed by atoms with E-state index in [0.717, 1.165) is 25.7 Å². The smallest absolute Gasteiger partial charge is 0.394 e. The average molecular weight is 254 g/mol. The van der Waals surface area contributed by atoms with E-state index in [1.54, 1.807) is 18.5 Å². The second-order valence-electron chi connectivity index (χ2n) is 4.92. The number of anilines is 1. The third-order valence-electron chi connectivity index (χ3n) is 3.72. The Labute approximate surface area is 105 Å². The molecular weight excluding hydrogens is 236 g/mol. The van der Waals surface area contributed by atoms with Gasteiger partial charge in [-0.2, -0.15) is 0 Å². The SMILES string of the molecule is Cc1nc([N+](=O)[O-])c(NC2(CO)CCCC2)n1C. The van der Waals surface area contributed by atoms with E-state index < -0.39 is 10.5 Å². The molecule has 2 rings (SSSR count). The van der Waals surface area contributed by atoms with Crippen LogP contribution in [0.4, 0.5) is 11.6 Å². The molecule has 0 radical (unpaired) electrons. The maximum absolute atomic E-state index is 11.0. The van der Waals surface area contributed by atoms with Gasteiger partial charge in [0.2, 0.25) is 11.6 Å². The number of aliphatic hydroxyl groups excluding tert-OH is 1. The topological polar surface area (TPSA) is 93.2 Å². The van der Waals surface area contributed by atoms with E-state index in [1.807, 2.05) is 0 Å². The largest absolute Gasteiger partial charge is 0.406 e. The van der Waals surface area contributed by atoms with Gasteiger partial charge in [-0.05, 0) is 22.7 Å². The van der Waals surface area contributed by atoms with Crippen LogP contribution in [0, 0.1) is 17.0 Å². The van der Waals surface area contributed by atoms with Crippen molar-refractivity contribution < 1.29 is 10.0 Å². The van der Waals surface area contributed by atoms with Gasteiger partial charge in [0.05, 0.1) is 12.1 Å². The molecule has 100 valence electrons. The number of nitro groups is 1. The second kappa shape index (κ2) is 4.56. The van der Waals surface area contributed by atoms with Crippen LogP contribution in [0.25, 0.3) is 0 Å². The van der Waals surface area contributed by atoms with Crippen molar-refractivity contribution in [3.8, 4) is 0 Å². The van der Waals surface area contributed by atoms with Crippen LogP contribution in [0.15, 0.2) is 0 Å². The summed E-state index contributed by atoms with van der Waals surface area (Å²) in [6.07, 6.45) is 3.70. The fourth-order valence-electron chi connectivity index (χ4n) is 2.49.